The summed E-state index contributed by atoms with van der Waals surface area (Å²) in [5, 5.41) is 3.53. The second kappa shape index (κ2) is 5.80. The largest absolute Gasteiger partial charge is 0.338 e. The molecule has 0 bridgehead atoms. The molecule has 2 unspecified atom stereocenters. The van der Waals surface area contributed by atoms with Crippen LogP contribution >= 0.6 is 0 Å². The first-order valence-electron chi connectivity index (χ1n) is 7.51. The molecule has 0 saturated heterocycles. The van der Waals surface area contributed by atoms with Crippen molar-refractivity contribution in [3.8, 4) is 0 Å². The van der Waals surface area contributed by atoms with Crippen molar-refractivity contribution in [1.82, 2.24) is 14.9 Å². The predicted octanol–water partition coefficient (Wildman–Crippen LogP) is 2.88. The highest BCUT2D eigenvalue weighted by Gasteiger charge is 2.27. The summed E-state index contributed by atoms with van der Waals surface area (Å²) in [6.07, 6.45) is 8.66. The Labute approximate surface area is 121 Å². The van der Waals surface area contributed by atoms with Gasteiger partial charge in [0.15, 0.2) is 0 Å². The lowest BCUT2D eigenvalue weighted by Crippen LogP contribution is -2.30. The summed E-state index contributed by atoms with van der Waals surface area (Å²) in [6.45, 7) is 0. The molecule has 1 aliphatic rings. The number of benzene rings is 1. The summed E-state index contributed by atoms with van der Waals surface area (Å²) in [6, 6.07) is 9.35. The van der Waals surface area contributed by atoms with Gasteiger partial charge in [-0.05, 0) is 43.4 Å². The summed E-state index contributed by atoms with van der Waals surface area (Å²) in [4.78, 5) is 4.44. The van der Waals surface area contributed by atoms with Crippen LogP contribution in [0.2, 0.25) is 0 Å². The first-order valence-corrected chi connectivity index (χ1v) is 7.51. The van der Waals surface area contributed by atoms with Gasteiger partial charge in [-0.3, -0.25) is 0 Å². The average Bonchev–Trinajstić information content (AvgIpc) is 2.89. The molecule has 2 aromatic rings. The Morgan fingerprint density at radius 2 is 2.20 bits per heavy atom. The Kier molecular flexibility index (Phi) is 3.88. The van der Waals surface area contributed by atoms with Gasteiger partial charge in [0.2, 0.25) is 0 Å². The molecule has 0 radical (unpaired) electrons. The highest BCUT2D eigenvalue weighted by atomic mass is 15.0. The number of fused-ring (bicyclic) bond motifs is 1. The van der Waals surface area contributed by atoms with Gasteiger partial charge in [-0.15, -0.1) is 0 Å². The van der Waals surface area contributed by atoms with Crippen LogP contribution in [0.5, 0.6) is 0 Å². The Morgan fingerprint density at radius 1 is 1.35 bits per heavy atom. The molecule has 1 aliphatic carbocycles. The van der Waals surface area contributed by atoms with Crippen molar-refractivity contribution in [2.75, 3.05) is 7.05 Å². The lowest BCUT2D eigenvalue weighted by Gasteiger charge is -2.33. The van der Waals surface area contributed by atoms with Crippen molar-refractivity contribution in [3.05, 3.63) is 53.6 Å². The van der Waals surface area contributed by atoms with Crippen molar-refractivity contribution in [1.29, 1.82) is 0 Å². The van der Waals surface area contributed by atoms with Crippen molar-refractivity contribution >= 4 is 0 Å². The third-order valence-electron chi connectivity index (χ3n) is 4.62. The molecule has 1 aromatic heterocycles. The fraction of sp³-hybridized carbons (Fsp3) is 0.471. The van der Waals surface area contributed by atoms with E-state index in [0.29, 0.717) is 12.0 Å². The minimum absolute atomic E-state index is 0.486. The molecule has 0 amide bonds. The minimum atomic E-state index is 0.486. The molecule has 1 N–H and O–H groups in total. The maximum absolute atomic E-state index is 4.44. The van der Waals surface area contributed by atoms with Crippen LogP contribution in [0.25, 0.3) is 0 Å². The molecule has 2 atom stereocenters. The van der Waals surface area contributed by atoms with Crippen molar-refractivity contribution in [2.24, 2.45) is 13.0 Å². The Bertz CT molecular complexity index is 573. The van der Waals surface area contributed by atoms with Gasteiger partial charge in [0, 0.05) is 31.9 Å². The van der Waals surface area contributed by atoms with Gasteiger partial charge >= 0.3 is 0 Å². The smallest absolute Gasteiger partial charge is 0.108 e. The zero-order valence-electron chi connectivity index (χ0n) is 12.3. The summed E-state index contributed by atoms with van der Waals surface area (Å²) >= 11 is 0. The summed E-state index contributed by atoms with van der Waals surface area (Å²) < 4.78 is 2.13. The zero-order valence-corrected chi connectivity index (χ0v) is 12.3. The summed E-state index contributed by atoms with van der Waals surface area (Å²) in [7, 11) is 4.16. The second-order valence-electron chi connectivity index (χ2n) is 5.76. The maximum Gasteiger partial charge on any atom is 0.108 e. The lowest BCUT2D eigenvalue weighted by atomic mass is 9.77. The van der Waals surface area contributed by atoms with E-state index in [-0.39, 0.29) is 0 Å². The highest BCUT2D eigenvalue weighted by Crippen LogP contribution is 2.36. The maximum atomic E-state index is 4.44. The highest BCUT2D eigenvalue weighted by molar-refractivity contribution is 5.33. The number of nitrogens with zero attached hydrogens (tertiary/aromatic N) is 2. The standard InChI is InChI=1S/C17H23N3/c1-18-17-14(9-10-16-19-11-12-20(16)2)8-7-13-5-3-4-6-15(13)17/h3-6,11-12,14,17-18H,7-10H2,1-2H3. The Balaban J connectivity index is 1.73. The lowest BCUT2D eigenvalue weighted by molar-refractivity contribution is 0.315. The van der Waals surface area contributed by atoms with Gasteiger partial charge < -0.3 is 9.88 Å². The summed E-state index contributed by atoms with van der Waals surface area (Å²) in [5.74, 6) is 1.89. The van der Waals surface area contributed by atoms with Gasteiger partial charge in [-0.25, -0.2) is 4.98 Å². The number of imidazole rings is 1. The van der Waals surface area contributed by atoms with E-state index in [2.05, 4.69) is 53.2 Å². The molecule has 0 fully saturated rings. The molecular formula is C17H23N3. The van der Waals surface area contributed by atoms with Gasteiger partial charge in [-0.1, -0.05) is 24.3 Å². The van der Waals surface area contributed by atoms with E-state index in [1.54, 1.807) is 0 Å². The van der Waals surface area contributed by atoms with E-state index in [1.807, 2.05) is 12.4 Å². The third-order valence-corrected chi connectivity index (χ3v) is 4.62. The van der Waals surface area contributed by atoms with Crippen LogP contribution < -0.4 is 5.32 Å². The number of hydrogen-bond donors (Lipinski definition) is 1. The van der Waals surface area contributed by atoms with E-state index in [9.17, 15) is 0 Å². The van der Waals surface area contributed by atoms with Crippen molar-refractivity contribution < 1.29 is 0 Å². The Morgan fingerprint density at radius 3 is 2.95 bits per heavy atom. The molecule has 3 rings (SSSR count). The molecule has 20 heavy (non-hydrogen) atoms. The number of hydrogen-bond acceptors (Lipinski definition) is 2. The molecule has 1 heterocycles. The zero-order chi connectivity index (χ0) is 13.9. The van der Waals surface area contributed by atoms with Gasteiger partial charge in [0.1, 0.15) is 5.82 Å². The van der Waals surface area contributed by atoms with E-state index < -0.39 is 0 Å². The van der Waals surface area contributed by atoms with Crippen LogP contribution in [0.3, 0.4) is 0 Å². The molecule has 0 aliphatic heterocycles. The summed E-state index contributed by atoms with van der Waals surface area (Å²) in [5.41, 5.74) is 3.01. The molecule has 1 aromatic carbocycles. The molecule has 0 saturated carbocycles. The van der Waals surface area contributed by atoms with Crippen molar-refractivity contribution in [2.45, 2.75) is 31.7 Å². The van der Waals surface area contributed by atoms with E-state index in [0.717, 1.165) is 6.42 Å². The third kappa shape index (κ3) is 2.50. The molecule has 3 nitrogen and oxygen atoms in total. The van der Waals surface area contributed by atoms with Crippen LogP contribution in [0.4, 0.5) is 0 Å². The fourth-order valence-corrected chi connectivity index (χ4v) is 3.48. The van der Waals surface area contributed by atoms with Crippen LogP contribution in [-0.4, -0.2) is 16.6 Å². The van der Waals surface area contributed by atoms with Crippen LogP contribution in [0, 0.1) is 5.92 Å². The Hall–Kier alpha value is -1.61. The van der Waals surface area contributed by atoms with Crippen molar-refractivity contribution in [3.63, 3.8) is 0 Å². The number of nitrogens with one attached hydrogen (secondary N) is 1. The first-order chi connectivity index (χ1) is 9.79. The number of rotatable bonds is 4. The molecular weight excluding hydrogens is 246 g/mol. The van der Waals surface area contributed by atoms with E-state index in [4.69, 9.17) is 0 Å². The monoisotopic (exact) mass is 269 g/mol. The second-order valence-corrected chi connectivity index (χ2v) is 5.76. The number of aryl methyl sites for hydroxylation is 3. The molecule has 0 spiro atoms. The fourth-order valence-electron chi connectivity index (χ4n) is 3.48. The minimum Gasteiger partial charge on any atom is -0.338 e. The van der Waals surface area contributed by atoms with Gasteiger partial charge in [0.05, 0.1) is 0 Å². The number of aromatic nitrogens is 2. The normalized spacial score (nSPS) is 21.7. The first kappa shape index (κ1) is 13.4. The molecule has 3 heteroatoms. The quantitative estimate of drug-likeness (QED) is 0.925. The predicted molar refractivity (Wildman–Crippen MR) is 81.6 cm³/mol. The van der Waals surface area contributed by atoms with Crippen LogP contribution in [0.15, 0.2) is 36.7 Å². The van der Waals surface area contributed by atoms with Crippen LogP contribution in [0.1, 0.15) is 35.8 Å². The SMILES string of the molecule is CNC1c2ccccc2CCC1CCc1nccn1C. The average molecular weight is 269 g/mol. The van der Waals surface area contributed by atoms with E-state index in [1.165, 1.54) is 36.2 Å². The van der Waals surface area contributed by atoms with Gasteiger partial charge in [-0.2, -0.15) is 0 Å². The van der Waals surface area contributed by atoms with Crippen LogP contribution in [-0.2, 0) is 19.9 Å². The van der Waals surface area contributed by atoms with Gasteiger partial charge in [0.25, 0.3) is 0 Å². The van der Waals surface area contributed by atoms with E-state index >= 15 is 0 Å². The topological polar surface area (TPSA) is 29.9 Å². The molecule has 106 valence electrons.